The van der Waals surface area contributed by atoms with Gasteiger partial charge in [-0.3, -0.25) is 0 Å². The topological polar surface area (TPSA) is 3.24 Å². The van der Waals surface area contributed by atoms with Crippen LogP contribution in [0.3, 0.4) is 0 Å². The summed E-state index contributed by atoms with van der Waals surface area (Å²) in [6.45, 7) is 11.2. The molecule has 1 saturated heterocycles. The van der Waals surface area contributed by atoms with Gasteiger partial charge in [-0.25, -0.2) is 4.39 Å². The molecule has 2 aliphatic rings. The monoisotopic (exact) mass is 267 g/mol. The van der Waals surface area contributed by atoms with Crippen LogP contribution in [0.2, 0.25) is 0 Å². The molecule has 1 heterocycles. The van der Waals surface area contributed by atoms with Crippen LogP contribution in [0.5, 0.6) is 0 Å². The van der Waals surface area contributed by atoms with Crippen LogP contribution in [0, 0.1) is 17.3 Å². The average Bonchev–Trinajstić information content (AvgIpc) is 2.34. The maximum absolute atomic E-state index is 14.5. The summed E-state index contributed by atoms with van der Waals surface area (Å²) in [5, 5.41) is 0. The van der Waals surface area contributed by atoms with Gasteiger partial charge >= 0.3 is 0 Å². The van der Waals surface area contributed by atoms with E-state index < -0.39 is 6.17 Å². The maximum atomic E-state index is 14.5. The molecule has 0 saturated carbocycles. The van der Waals surface area contributed by atoms with E-state index in [1.165, 1.54) is 31.5 Å². The van der Waals surface area contributed by atoms with Crippen molar-refractivity contribution in [2.24, 2.45) is 17.3 Å². The van der Waals surface area contributed by atoms with E-state index in [2.05, 4.69) is 39.6 Å². The predicted octanol–water partition coefficient (Wildman–Crippen LogP) is 4.44. The van der Waals surface area contributed by atoms with Crippen molar-refractivity contribution < 1.29 is 4.39 Å². The Hall–Kier alpha value is -0.370. The fourth-order valence-corrected chi connectivity index (χ4v) is 4.35. The Morgan fingerprint density at radius 1 is 1.05 bits per heavy atom. The zero-order chi connectivity index (χ0) is 14.2. The van der Waals surface area contributed by atoms with Gasteiger partial charge in [0.2, 0.25) is 0 Å². The number of piperidine rings is 1. The van der Waals surface area contributed by atoms with Gasteiger partial charge < -0.3 is 4.90 Å². The summed E-state index contributed by atoms with van der Waals surface area (Å²) in [5.41, 5.74) is 2.93. The summed E-state index contributed by atoms with van der Waals surface area (Å²) in [6, 6.07) is 0. The van der Waals surface area contributed by atoms with Crippen molar-refractivity contribution in [3.63, 3.8) is 0 Å². The molecular weight excluding hydrogens is 237 g/mol. The lowest BCUT2D eigenvalue weighted by atomic mass is 9.60. The van der Waals surface area contributed by atoms with Gasteiger partial charge in [0, 0.05) is 0 Å². The van der Waals surface area contributed by atoms with E-state index in [1.807, 2.05) is 0 Å². The normalized spacial score (nSPS) is 28.7. The van der Waals surface area contributed by atoms with Crippen LogP contribution in [-0.2, 0) is 0 Å². The molecule has 0 radical (unpaired) electrons. The molecular formula is C17H30FN. The molecule has 1 atom stereocenters. The van der Waals surface area contributed by atoms with Crippen molar-refractivity contribution in [2.45, 2.75) is 59.5 Å². The largest absolute Gasteiger partial charge is 0.306 e. The van der Waals surface area contributed by atoms with E-state index >= 15 is 0 Å². The molecule has 1 aliphatic carbocycles. The van der Waals surface area contributed by atoms with E-state index in [0.29, 0.717) is 17.3 Å². The Kier molecular flexibility index (Phi) is 4.39. The quantitative estimate of drug-likeness (QED) is 0.669. The lowest BCUT2D eigenvalue weighted by Gasteiger charge is -2.49. The lowest BCUT2D eigenvalue weighted by molar-refractivity contribution is 0.108. The summed E-state index contributed by atoms with van der Waals surface area (Å²) in [5.74, 6) is 0.837. The summed E-state index contributed by atoms with van der Waals surface area (Å²) >= 11 is 0. The second kappa shape index (κ2) is 5.55. The molecule has 110 valence electrons. The fourth-order valence-electron chi connectivity index (χ4n) is 4.35. The van der Waals surface area contributed by atoms with Crippen LogP contribution >= 0.6 is 0 Å². The average molecular weight is 267 g/mol. The lowest BCUT2D eigenvalue weighted by Crippen LogP contribution is -2.44. The number of likely N-dealkylation sites (tertiary alicyclic amines) is 1. The Morgan fingerprint density at radius 2 is 1.63 bits per heavy atom. The minimum atomic E-state index is -0.692. The van der Waals surface area contributed by atoms with Crippen LogP contribution in [0.25, 0.3) is 0 Å². The van der Waals surface area contributed by atoms with E-state index in [-0.39, 0.29) is 0 Å². The Balaban J connectivity index is 2.43. The first-order valence-electron chi connectivity index (χ1n) is 7.94. The highest BCUT2D eigenvalue weighted by Crippen LogP contribution is 2.52. The predicted molar refractivity (Wildman–Crippen MR) is 80.0 cm³/mol. The number of rotatable bonds is 2. The fraction of sp³-hybridized carbons (Fsp3) is 0.882. The molecule has 1 spiro atoms. The zero-order valence-electron chi connectivity index (χ0n) is 13.3. The molecule has 2 heteroatoms. The van der Waals surface area contributed by atoms with Gasteiger partial charge in [0.15, 0.2) is 0 Å². The molecule has 1 unspecified atom stereocenters. The van der Waals surface area contributed by atoms with Gasteiger partial charge in [0.05, 0.1) is 0 Å². The number of alkyl halides is 1. The first-order chi connectivity index (χ1) is 8.87. The van der Waals surface area contributed by atoms with Gasteiger partial charge in [-0.1, -0.05) is 33.3 Å². The first kappa shape index (κ1) is 15.0. The van der Waals surface area contributed by atoms with Crippen molar-refractivity contribution in [3.8, 4) is 0 Å². The molecule has 0 amide bonds. The summed E-state index contributed by atoms with van der Waals surface area (Å²) in [7, 11) is 2.20. The highest BCUT2D eigenvalue weighted by molar-refractivity contribution is 5.32. The van der Waals surface area contributed by atoms with Crippen molar-refractivity contribution >= 4 is 0 Å². The summed E-state index contributed by atoms with van der Waals surface area (Å²) < 4.78 is 14.5. The standard InChI is InChI=1S/C17H30FN/c1-12(2)15-14(18)6-7-17(16(15)13(3)4)8-10-19(5)11-9-17/h12-14H,6-11H2,1-5H3. The third-order valence-electron chi connectivity index (χ3n) is 5.24. The van der Waals surface area contributed by atoms with E-state index in [1.54, 1.807) is 0 Å². The van der Waals surface area contributed by atoms with E-state index in [4.69, 9.17) is 0 Å². The third kappa shape index (κ3) is 2.74. The van der Waals surface area contributed by atoms with Crippen molar-refractivity contribution in [3.05, 3.63) is 11.1 Å². The van der Waals surface area contributed by atoms with Crippen LogP contribution in [0.4, 0.5) is 4.39 Å². The summed E-state index contributed by atoms with van der Waals surface area (Å²) in [6.07, 6.45) is 3.56. The Morgan fingerprint density at radius 3 is 2.11 bits per heavy atom. The number of halogens is 1. The van der Waals surface area contributed by atoms with Crippen LogP contribution < -0.4 is 0 Å². The Bertz CT molecular complexity index is 348. The molecule has 0 N–H and O–H groups in total. The number of hydrogen-bond acceptors (Lipinski definition) is 1. The SMILES string of the molecule is CC(C)C1=C(C(C)C)C2(CCC1F)CCN(C)CC2. The molecule has 1 aliphatic heterocycles. The molecule has 19 heavy (non-hydrogen) atoms. The number of nitrogens with zero attached hydrogens (tertiary/aromatic N) is 1. The van der Waals surface area contributed by atoms with Crippen molar-refractivity contribution in [1.82, 2.24) is 4.90 Å². The molecule has 1 fully saturated rings. The molecule has 0 aromatic carbocycles. The zero-order valence-corrected chi connectivity index (χ0v) is 13.3. The first-order valence-corrected chi connectivity index (χ1v) is 7.94. The van der Waals surface area contributed by atoms with E-state index in [0.717, 1.165) is 18.4 Å². The van der Waals surface area contributed by atoms with E-state index in [9.17, 15) is 4.39 Å². The number of hydrogen-bond donors (Lipinski definition) is 0. The van der Waals surface area contributed by atoms with Gasteiger partial charge in [-0.15, -0.1) is 0 Å². The van der Waals surface area contributed by atoms with Gasteiger partial charge in [0.25, 0.3) is 0 Å². The smallest absolute Gasteiger partial charge is 0.122 e. The second-order valence-corrected chi connectivity index (χ2v) is 7.27. The molecule has 0 aromatic rings. The van der Waals surface area contributed by atoms with Crippen molar-refractivity contribution in [2.75, 3.05) is 20.1 Å². The van der Waals surface area contributed by atoms with Crippen LogP contribution in [-0.4, -0.2) is 31.2 Å². The van der Waals surface area contributed by atoms with Gasteiger partial charge in [-0.2, -0.15) is 0 Å². The maximum Gasteiger partial charge on any atom is 0.122 e. The van der Waals surface area contributed by atoms with Crippen LogP contribution in [0.15, 0.2) is 11.1 Å². The molecule has 1 nitrogen and oxygen atoms in total. The minimum absolute atomic E-state index is 0.308. The summed E-state index contributed by atoms with van der Waals surface area (Å²) in [4.78, 5) is 2.42. The van der Waals surface area contributed by atoms with Crippen LogP contribution in [0.1, 0.15) is 53.4 Å². The highest BCUT2D eigenvalue weighted by Gasteiger charge is 2.44. The number of allylic oxidation sites excluding steroid dienone is 2. The third-order valence-corrected chi connectivity index (χ3v) is 5.24. The minimum Gasteiger partial charge on any atom is -0.306 e. The van der Waals surface area contributed by atoms with Gasteiger partial charge in [0.1, 0.15) is 6.17 Å². The Labute approximate surface area is 118 Å². The molecule has 2 rings (SSSR count). The van der Waals surface area contributed by atoms with Crippen molar-refractivity contribution in [1.29, 1.82) is 0 Å². The molecule has 0 aromatic heterocycles. The molecule has 0 bridgehead atoms. The second-order valence-electron chi connectivity index (χ2n) is 7.27. The van der Waals surface area contributed by atoms with Gasteiger partial charge in [-0.05, 0) is 68.6 Å². The highest BCUT2D eigenvalue weighted by atomic mass is 19.1.